The Balaban J connectivity index is 2.46. The van der Waals surface area contributed by atoms with Gasteiger partial charge in [0.15, 0.2) is 0 Å². The molecule has 0 saturated carbocycles. The zero-order valence-corrected chi connectivity index (χ0v) is 11.1. The highest BCUT2D eigenvalue weighted by molar-refractivity contribution is 5.66. The molecule has 1 rings (SSSR count). The third-order valence-electron chi connectivity index (χ3n) is 3.49. The fraction of sp³-hybridized carbons (Fsp3) is 0.917. The van der Waals surface area contributed by atoms with Gasteiger partial charge in [0.05, 0.1) is 12.7 Å². The van der Waals surface area contributed by atoms with E-state index in [1.807, 2.05) is 0 Å². The normalized spacial score (nSPS) is 35.8. The maximum atomic E-state index is 10.4. The molecular formula is C12H23NO7. The molecule has 1 fully saturated rings. The van der Waals surface area contributed by atoms with Crippen molar-refractivity contribution in [1.29, 1.82) is 0 Å². The zero-order chi connectivity index (χ0) is 15.3. The molecule has 1 unspecified atom stereocenters. The summed E-state index contributed by atoms with van der Waals surface area (Å²) < 4.78 is 5.32. The van der Waals surface area contributed by atoms with Crippen LogP contribution < -0.4 is 5.73 Å². The lowest BCUT2D eigenvalue weighted by Gasteiger charge is -2.40. The second kappa shape index (κ2) is 7.87. The molecule has 118 valence electrons. The maximum Gasteiger partial charge on any atom is 0.303 e. The third kappa shape index (κ3) is 4.65. The lowest BCUT2D eigenvalue weighted by molar-refractivity contribution is -0.231. The molecule has 8 heteroatoms. The van der Waals surface area contributed by atoms with Gasteiger partial charge in [-0.25, -0.2) is 0 Å². The first-order valence-electron chi connectivity index (χ1n) is 6.64. The lowest BCUT2D eigenvalue weighted by Crippen LogP contribution is -2.59. The van der Waals surface area contributed by atoms with Crippen molar-refractivity contribution in [2.75, 3.05) is 6.61 Å². The molecule has 0 aromatic heterocycles. The molecule has 0 radical (unpaired) electrons. The molecule has 6 atom stereocenters. The molecule has 0 spiro atoms. The van der Waals surface area contributed by atoms with Crippen LogP contribution in [0.1, 0.15) is 25.7 Å². The highest BCUT2D eigenvalue weighted by atomic mass is 16.5. The predicted octanol–water partition coefficient (Wildman–Crippen LogP) is -2.20. The van der Waals surface area contributed by atoms with Gasteiger partial charge in [0.2, 0.25) is 0 Å². The van der Waals surface area contributed by atoms with Gasteiger partial charge >= 0.3 is 5.97 Å². The van der Waals surface area contributed by atoms with Crippen LogP contribution in [-0.2, 0) is 9.53 Å². The van der Waals surface area contributed by atoms with Crippen molar-refractivity contribution in [2.45, 2.75) is 62.2 Å². The minimum atomic E-state index is -1.41. The van der Waals surface area contributed by atoms with Gasteiger partial charge in [-0.05, 0) is 19.3 Å². The van der Waals surface area contributed by atoms with E-state index in [0.29, 0.717) is 12.8 Å². The monoisotopic (exact) mass is 293 g/mol. The quantitative estimate of drug-likeness (QED) is 0.309. The molecule has 1 aliphatic heterocycles. The van der Waals surface area contributed by atoms with Crippen LogP contribution in [0.4, 0.5) is 0 Å². The Morgan fingerprint density at radius 3 is 2.30 bits per heavy atom. The van der Waals surface area contributed by atoms with Crippen LogP contribution >= 0.6 is 0 Å². The predicted molar refractivity (Wildman–Crippen MR) is 67.8 cm³/mol. The van der Waals surface area contributed by atoms with Gasteiger partial charge in [-0.3, -0.25) is 4.79 Å². The van der Waals surface area contributed by atoms with Crippen molar-refractivity contribution in [3.63, 3.8) is 0 Å². The van der Waals surface area contributed by atoms with Crippen LogP contribution in [-0.4, -0.2) is 74.7 Å². The summed E-state index contributed by atoms with van der Waals surface area (Å²) in [5.74, 6) is -0.898. The summed E-state index contributed by atoms with van der Waals surface area (Å²) in [5.41, 5.74) is 5.83. The Bertz CT molecular complexity index is 312. The first-order valence-corrected chi connectivity index (χ1v) is 6.64. The first-order chi connectivity index (χ1) is 9.36. The van der Waals surface area contributed by atoms with Crippen molar-refractivity contribution in [1.82, 2.24) is 0 Å². The molecule has 1 heterocycles. The molecule has 0 aliphatic carbocycles. The minimum Gasteiger partial charge on any atom is -0.481 e. The Morgan fingerprint density at radius 1 is 1.15 bits per heavy atom. The lowest BCUT2D eigenvalue weighted by atomic mass is 9.91. The average molecular weight is 293 g/mol. The van der Waals surface area contributed by atoms with Crippen LogP contribution in [0.2, 0.25) is 0 Å². The summed E-state index contributed by atoms with van der Waals surface area (Å²) in [4.78, 5) is 10.4. The molecule has 1 saturated heterocycles. The van der Waals surface area contributed by atoms with Crippen molar-refractivity contribution in [3.05, 3.63) is 0 Å². The number of carboxylic acid groups (broad SMARTS) is 1. The summed E-state index contributed by atoms with van der Waals surface area (Å²) in [6, 6.07) is -0.393. The Kier molecular flexibility index (Phi) is 6.80. The molecule has 1 aliphatic rings. The first kappa shape index (κ1) is 17.3. The topological polar surface area (TPSA) is 153 Å². The van der Waals surface area contributed by atoms with Gasteiger partial charge in [0.1, 0.15) is 24.4 Å². The highest BCUT2D eigenvalue weighted by Gasteiger charge is 2.43. The standard InChI is InChI=1S/C12H23NO7/c13-6(2-1-3-9(15)16)4-7-10(17)12(19)11(18)8(5-14)20-7/h6-8,10-12,14,17-19H,1-5,13H2,(H,15,16)/t6?,7-,8+,10-,11-,12+/m0/s1. The molecule has 0 aromatic carbocycles. The highest BCUT2D eigenvalue weighted by Crippen LogP contribution is 2.24. The Hall–Kier alpha value is -0.770. The summed E-state index contributed by atoms with van der Waals surface area (Å²) in [6.07, 6.45) is -4.74. The van der Waals surface area contributed by atoms with E-state index in [-0.39, 0.29) is 12.8 Å². The number of hydrogen-bond acceptors (Lipinski definition) is 7. The second-order valence-electron chi connectivity index (χ2n) is 5.15. The minimum absolute atomic E-state index is 0.0163. The number of rotatable bonds is 7. The number of hydrogen-bond donors (Lipinski definition) is 6. The van der Waals surface area contributed by atoms with Gasteiger partial charge in [-0.2, -0.15) is 0 Å². The summed E-state index contributed by atoms with van der Waals surface area (Å²) in [6.45, 7) is -0.476. The third-order valence-corrected chi connectivity index (χ3v) is 3.49. The maximum absolute atomic E-state index is 10.4. The van der Waals surface area contributed by atoms with Crippen LogP contribution in [0.15, 0.2) is 0 Å². The second-order valence-corrected chi connectivity index (χ2v) is 5.15. The van der Waals surface area contributed by atoms with Crippen molar-refractivity contribution >= 4 is 5.97 Å². The van der Waals surface area contributed by atoms with E-state index >= 15 is 0 Å². The number of carboxylic acids is 1. The summed E-state index contributed by atoms with van der Waals surface area (Å²) >= 11 is 0. The van der Waals surface area contributed by atoms with Crippen LogP contribution in [0.5, 0.6) is 0 Å². The molecule has 7 N–H and O–H groups in total. The van der Waals surface area contributed by atoms with Gasteiger partial charge in [-0.1, -0.05) is 0 Å². The van der Waals surface area contributed by atoms with E-state index in [1.165, 1.54) is 0 Å². The van der Waals surface area contributed by atoms with Crippen molar-refractivity contribution in [2.24, 2.45) is 5.73 Å². The van der Waals surface area contributed by atoms with Gasteiger partial charge in [0, 0.05) is 12.5 Å². The molecule has 0 bridgehead atoms. The number of nitrogens with two attached hydrogens (primary N) is 1. The van der Waals surface area contributed by atoms with E-state index in [0.717, 1.165) is 0 Å². The number of carbonyl (C=O) groups is 1. The van der Waals surface area contributed by atoms with E-state index in [4.69, 9.17) is 20.7 Å². The largest absolute Gasteiger partial charge is 0.481 e. The molecule has 20 heavy (non-hydrogen) atoms. The fourth-order valence-electron chi connectivity index (χ4n) is 2.31. The SMILES string of the molecule is NC(CCCC(=O)O)C[C@@H]1O[C@H](CO)[C@H](O)[C@H](O)[C@H]1O. The van der Waals surface area contributed by atoms with E-state index < -0.39 is 49.1 Å². The molecular weight excluding hydrogens is 270 g/mol. The van der Waals surface area contributed by atoms with E-state index in [2.05, 4.69) is 0 Å². The Labute approximate surface area is 116 Å². The Morgan fingerprint density at radius 2 is 1.75 bits per heavy atom. The summed E-state index contributed by atoms with van der Waals surface area (Å²) in [5, 5.41) is 46.6. The van der Waals surface area contributed by atoms with Gasteiger partial charge in [0.25, 0.3) is 0 Å². The van der Waals surface area contributed by atoms with Crippen LogP contribution in [0, 0.1) is 0 Å². The fourth-order valence-corrected chi connectivity index (χ4v) is 2.31. The van der Waals surface area contributed by atoms with E-state index in [9.17, 15) is 20.1 Å². The zero-order valence-electron chi connectivity index (χ0n) is 11.1. The molecule has 0 amide bonds. The number of aliphatic hydroxyl groups is 4. The number of aliphatic carboxylic acids is 1. The smallest absolute Gasteiger partial charge is 0.303 e. The van der Waals surface area contributed by atoms with Gasteiger partial charge < -0.3 is 36.0 Å². The van der Waals surface area contributed by atoms with Crippen molar-refractivity contribution in [3.8, 4) is 0 Å². The van der Waals surface area contributed by atoms with Crippen LogP contribution in [0.3, 0.4) is 0 Å². The summed E-state index contributed by atoms with van der Waals surface area (Å²) in [7, 11) is 0. The number of ether oxygens (including phenoxy) is 1. The molecule has 8 nitrogen and oxygen atoms in total. The van der Waals surface area contributed by atoms with E-state index in [1.54, 1.807) is 0 Å². The van der Waals surface area contributed by atoms with Crippen LogP contribution in [0.25, 0.3) is 0 Å². The van der Waals surface area contributed by atoms with Crippen molar-refractivity contribution < 1.29 is 35.1 Å². The average Bonchev–Trinajstić information content (AvgIpc) is 2.39. The van der Waals surface area contributed by atoms with Gasteiger partial charge in [-0.15, -0.1) is 0 Å². The molecule has 0 aromatic rings. The number of aliphatic hydroxyl groups excluding tert-OH is 4.